The SMILES string of the molecule is Cc1cnc(C(=O)N2CCC3(CC2)OC(C(=O)Nc2ccccc2)Cn2ccnc23)cn1. The van der Waals surface area contributed by atoms with E-state index in [-0.39, 0.29) is 11.8 Å². The molecule has 3 aromatic rings. The summed E-state index contributed by atoms with van der Waals surface area (Å²) < 4.78 is 8.41. The number of aromatic nitrogens is 4. The standard InChI is InChI=1S/C23H24N6O3/c1-16-13-26-18(14-25-16)21(31)28-10-7-23(8-11-28)22-24-9-12-29(22)15-19(32-23)20(30)27-17-5-3-2-4-6-17/h2-6,9,12-14,19H,7-8,10-11,15H2,1H3,(H,27,30). The van der Waals surface area contributed by atoms with Crippen molar-refractivity contribution < 1.29 is 14.3 Å². The number of hydrogen-bond donors (Lipinski definition) is 1. The van der Waals surface area contributed by atoms with Crippen LogP contribution < -0.4 is 5.32 Å². The predicted octanol–water partition coefficient (Wildman–Crippen LogP) is 2.15. The van der Waals surface area contributed by atoms with Crippen LogP contribution >= 0.6 is 0 Å². The average Bonchev–Trinajstić information content (AvgIpc) is 3.30. The molecule has 1 aromatic carbocycles. The average molecular weight is 432 g/mol. The van der Waals surface area contributed by atoms with Gasteiger partial charge in [0.05, 0.1) is 18.4 Å². The monoisotopic (exact) mass is 432 g/mol. The number of likely N-dealkylation sites (tertiary alicyclic amines) is 1. The fourth-order valence-electron chi connectivity index (χ4n) is 4.35. The van der Waals surface area contributed by atoms with Gasteiger partial charge in [0.25, 0.3) is 11.8 Å². The maximum Gasteiger partial charge on any atom is 0.274 e. The van der Waals surface area contributed by atoms with Gasteiger partial charge in [-0.25, -0.2) is 9.97 Å². The van der Waals surface area contributed by atoms with Crippen molar-refractivity contribution in [1.29, 1.82) is 0 Å². The highest BCUT2D eigenvalue weighted by molar-refractivity contribution is 5.94. The number of ether oxygens (including phenoxy) is 1. The second-order valence-electron chi connectivity index (χ2n) is 8.19. The summed E-state index contributed by atoms with van der Waals surface area (Å²) in [6, 6.07) is 9.33. The molecule has 1 spiro atoms. The van der Waals surface area contributed by atoms with E-state index in [1.807, 2.05) is 48.0 Å². The van der Waals surface area contributed by atoms with E-state index in [9.17, 15) is 9.59 Å². The number of carbonyl (C=O) groups is 2. The van der Waals surface area contributed by atoms with Crippen LogP contribution in [0.25, 0.3) is 0 Å². The van der Waals surface area contributed by atoms with E-state index in [0.29, 0.717) is 38.2 Å². The summed E-state index contributed by atoms with van der Waals surface area (Å²) >= 11 is 0. The highest BCUT2D eigenvalue weighted by Gasteiger charge is 2.47. The first kappa shape index (κ1) is 20.3. The Hall–Kier alpha value is -3.59. The molecule has 0 radical (unpaired) electrons. The summed E-state index contributed by atoms with van der Waals surface area (Å²) in [5.41, 5.74) is 1.11. The van der Waals surface area contributed by atoms with Gasteiger partial charge in [0.1, 0.15) is 17.1 Å². The molecule has 1 N–H and O–H groups in total. The molecule has 2 aliphatic heterocycles. The van der Waals surface area contributed by atoms with Crippen molar-refractivity contribution in [3.05, 3.63) is 72.3 Å². The van der Waals surface area contributed by atoms with Crippen molar-refractivity contribution in [2.75, 3.05) is 18.4 Å². The Labute approximate surface area is 185 Å². The number of carbonyl (C=O) groups excluding carboxylic acids is 2. The Morgan fingerprint density at radius 1 is 1.09 bits per heavy atom. The molecule has 0 bridgehead atoms. The van der Waals surface area contributed by atoms with Gasteiger partial charge >= 0.3 is 0 Å². The molecule has 1 atom stereocenters. The zero-order valence-corrected chi connectivity index (χ0v) is 17.8. The van der Waals surface area contributed by atoms with E-state index >= 15 is 0 Å². The third kappa shape index (κ3) is 3.75. The first-order valence-electron chi connectivity index (χ1n) is 10.7. The van der Waals surface area contributed by atoms with Crippen LogP contribution in [0.1, 0.15) is 34.8 Å². The van der Waals surface area contributed by atoms with Crippen LogP contribution in [0, 0.1) is 6.92 Å². The largest absolute Gasteiger partial charge is 0.352 e. The van der Waals surface area contributed by atoms with Crippen molar-refractivity contribution in [3.8, 4) is 0 Å². The Morgan fingerprint density at radius 2 is 1.88 bits per heavy atom. The number of aryl methyl sites for hydroxylation is 1. The first-order valence-corrected chi connectivity index (χ1v) is 10.7. The van der Waals surface area contributed by atoms with E-state index in [1.54, 1.807) is 17.3 Å². The summed E-state index contributed by atoms with van der Waals surface area (Å²) in [6.45, 7) is 3.19. The highest BCUT2D eigenvalue weighted by atomic mass is 16.5. The van der Waals surface area contributed by atoms with Crippen LogP contribution in [0.5, 0.6) is 0 Å². The Kier molecular flexibility index (Phi) is 5.18. The molecule has 2 aromatic heterocycles. The minimum absolute atomic E-state index is 0.148. The predicted molar refractivity (Wildman–Crippen MR) is 116 cm³/mol. The van der Waals surface area contributed by atoms with Gasteiger partial charge in [-0.1, -0.05) is 18.2 Å². The van der Waals surface area contributed by atoms with E-state index in [2.05, 4.69) is 20.3 Å². The number of anilines is 1. The van der Waals surface area contributed by atoms with Gasteiger partial charge in [0, 0.05) is 50.2 Å². The molecule has 2 aliphatic rings. The molecular weight excluding hydrogens is 408 g/mol. The summed E-state index contributed by atoms with van der Waals surface area (Å²) in [6.07, 6.45) is 7.15. The van der Waals surface area contributed by atoms with Crippen molar-refractivity contribution in [2.24, 2.45) is 0 Å². The molecule has 1 fully saturated rings. The van der Waals surface area contributed by atoms with Crippen molar-refractivity contribution in [3.63, 3.8) is 0 Å². The minimum Gasteiger partial charge on any atom is -0.352 e. The van der Waals surface area contributed by atoms with Gasteiger partial charge in [-0.15, -0.1) is 0 Å². The lowest BCUT2D eigenvalue weighted by atomic mass is 9.88. The highest BCUT2D eigenvalue weighted by Crippen LogP contribution is 2.40. The van der Waals surface area contributed by atoms with E-state index in [0.717, 1.165) is 17.2 Å². The molecular formula is C23H24N6O3. The first-order chi connectivity index (χ1) is 15.5. The number of imidazole rings is 1. The number of nitrogens with zero attached hydrogens (tertiary/aromatic N) is 5. The quantitative estimate of drug-likeness (QED) is 0.680. The molecule has 0 saturated carbocycles. The Balaban J connectivity index is 1.32. The van der Waals surface area contributed by atoms with E-state index < -0.39 is 11.7 Å². The number of nitrogens with one attached hydrogen (secondary N) is 1. The molecule has 2 amide bonds. The number of rotatable bonds is 3. The number of benzene rings is 1. The topological polar surface area (TPSA) is 102 Å². The molecule has 164 valence electrons. The van der Waals surface area contributed by atoms with Crippen molar-refractivity contribution in [1.82, 2.24) is 24.4 Å². The lowest BCUT2D eigenvalue weighted by Crippen LogP contribution is -2.54. The maximum atomic E-state index is 13.0. The van der Waals surface area contributed by atoms with Gasteiger partial charge in [-0.05, 0) is 19.1 Å². The third-order valence-electron chi connectivity index (χ3n) is 6.05. The smallest absolute Gasteiger partial charge is 0.274 e. The molecule has 5 rings (SSSR count). The molecule has 0 aliphatic carbocycles. The Morgan fingerprint density at radius 3 is 2.59 bits per heavy atom. The van der Waals surface area contributed by atoms with Gasteiger partial charge in [-0.2, -0.15) is 0 Å². The molecule has 9 heteroatoms. The van der Waals surface area contributed by atoms with Crippen LogP contribution in [-0.4, -0.2) is 55.4 Å². The van der Waals surface area contributed by atoms with Crippen LogP contribution in [0.2, 0.25) is 0 Å². The normalized spacial score (nSPS) is 19.4. The molecule has 32 heavy (non-hydrogen) atoms. The van der Waals surface area contributed by atoms with Crippen molar-refractivity contribution >= 4 is 17.5 Å². The molecule has 1 unspecified atom stereocenters. The number of amides is 2. The van der Waals surface area contributed by atoms with Gasteiger partial charge in [-0.3, -0.25) is 14.6 Å². The van der Waals surface area contributed by atoms with Crippen molar-refractivity contribution in [2.45, 2.75) is 38.0 Å². The number of fused-ring (bicyclic) bond motifs is 2. The summed E-state index contributed by atoms with van der Waals surface area (Å²) in [7, 11) is 0. The Bertz CT molecular complexity index is 1120. The van der Waals surface area contributed by atoms with Crippen LogP contribution in [0.3, 0.4) is 0 Å². The summed E-state index contributed by atoms with van der Waals surface area (Å²) in [4.78, 5) is 40.5. The van der Waals surface area contributed by atoms with Crippen LogP contribution in [0.15, 0.2) is 55.1 Å². The zero-order chi connectivity index (χ0) is 22.1. The summed E-state index contributed by atoms with van der Waals surface area (Å²) in [5, 5.41) is 2.93. The molecule has 1 saturated heterocycles. The summed E-state index contributed by atoms with van der Waals surface area (Å²) in [5.74, 6) is 0.469. The lowest BCUT2D eigenvalue weighted by molar-refractivity contribution is -0.168. The van der Waals surface area contributed by atoms with E-state index in [4.69, 9.17) is 4.74 Å². The van der Waals surface area contributed by atoms with Gasteiger partial charge in [0.15, 0.2) is 6.10 Å². The van der Waals surface area contributed by atoms with Gasteiger partial charge < -0.3 is 19.5 Å². The van der Waals surface area contributed by atoms with Crippen LogP contribution in [-0.2, 0) is 21.7 Å². The second kappa shape index (κ2) is 8.16. The van der Waals surface area contributed by atoms with E-state index in [1.165, 1.54) is 6.20 Å². The van der Waals surface area contributed by atoms with Crippen LogP contribution in [0.4, 0.5) is 5.69 Å². The third-order valence-corrected chi connectivity index (χ3v) is 6.05. The molecule has 4 heterocycles. The fraction of sp³-hybridized carbons (Fsp3) is 0.348. The van der Waals surface area contributed by atoms with Gasteiger partial charge in [0.2, 0.25) is 0 Å². The number of hydrogen-bond acceptors (Lipinski definition) is 6. The second-order valence-corrected chi connectivity index (χ2v) is 8.19. The lowest BCUT2D eigenvalue weighted by Gasteiger charge is -2.45. The number of para-hydroxylation sites is 1. The zero-order valence-electron chi connectivity index (χ0n) is 17.8. The maximum absolute atomic E-state index is 13.0. The fourth-order valence-corrected chi connectivity index (χ4v) is 4.35. The number of piperidine rings is 1. The molecule has 9 nitrogen and oxygen atoms in total. The minimum atomic E-state index is -0.712.